The number of aryl methyl sites for hydroxylation is 1. The number of hydrogen-bond donors (Lipinski definition) is 2. The molecular weight excluding hydrogens is 228 g/mol. The average Bonchev–Trinajstić information content (AvgIpc) is 2.44. The molecule has 0 spiro atoms. The van der Waals surface area contributed by atoms with E-state index in [4.69, 9.17) is 5.11 Å². The SMILES string of the molecule is Cn1cnc([N+](=O)[O-])c1NC(C)(C)CC(=O)O. The monoisotopic (exact) mass is 242 g/mol. The number of nitrogens with one attached hydrogen (secondary N) is 1. The predicted molar refractivity (Wildman–Crippen MR) is 59.8 cm³/mol. The van der Waals surface area contributed by atoms with E-state index < -0.39 is 16.4 Å². The van der Waals surface area contributed by atoms with Crippen LogP contribution in [0.25, 0.3) is 0 Å². The first-order valence-corrected chi connectivity index (χ1v) is 4.88. The molecule has 0 bridgehead atoms. The zero-order valence-electron chi connectivity index (χ0n) is 9.80. The molecule has 0 saturated carbocycles. The van der Waals surface area contributed by atoms with E-state index in [0.717, 1.165) is 0 Å². The minimum Gasteiger partial charge on any atom is -0.481 e. The van der Waals surface area contributed by atoms with Crippen LogP contribution in [0.5, 0.6) is 0 Å². The van der Waals surface area contributed by atoms with Crippen molar-refractivity contribution in [3.8, 4) is 0 Å². The summed E-state index contributed by atoms with van der Waals surface area (Å²) in [7, 11) is 1.60. The van der Waals surface area contributed by atoms with E-state index in [-0.39, 0.29) is 18.1 Å². The maximum Gasteiger partial charge on any atom is 0.406 e. The molecule has 94 valence electrons. The van der Waals surface area contributed by atoms with Gasteiger partial charge in [0.15, 0.2) is 0 Å². The van der Waals surface area contributed by atoms with Gasteiger partial charge in [0.25, 0.3) is 0 Å². The molecule has 0 aliphatic carbocycles. The van der Waals surface area contributed by atoms with Crippen LogP contribution in [0.4, 0.5) is 11.6 Å². The Balaban J connectivity index is 2.98. The average molecular weight is 242 g/mol. The highest BCUT2D eigenvalue weighted by Crippen LogP contribution is 2.25. The summed E-state index contributed by atoms with van der Waals surface area (Å²) in [5.74, 6) is -1.10. The molecule has 0 fully saturated rings. The van der Waals surface area contributed by atoms with Crippen molar-refractivity contribution < 1.29 is 14.8 Å². The number of hydrogen-bond acceptors (Lipinski definition) is 5. The Kier molecular flexibility index (Phi) is 3.35. The van der Waals surface area contributed by atoms with E-state index in [9.17, 15) is 14.9 Å². The van der Waals surface area contributed by atoms with Crippen molar-refractivity contribution in [2.24, 2.45) is 7.05 Å². The van der Waals surface area contributed by atoms with Gasteiger partial charge >= 0.3 is 11.8 Å². The molecule has 1 rings (SSSR count). The molecule has 0 unspecified atom stereocenters. The van der Waals surface area contributed by atoms with Crippen molar-refractivity contribution in [2.45, 2.75) is 25.8 Å². The van der Waals surface area contributed by atoms with Gasteiger partial charge < -0.3 is 20.5 Å². The Labute approximate surface area is 97.4 Å². The summed E-state index contributed by atoms with van der Waals surface area (Å²) in [4.78, 5) is 24.4. The van der Waals surface area contributed by atoms with E-state index in [2.05, 4.69) is 10.3 Å². The lowest BCUT2D eigenvalue weighted by Gasteiger charge is -2.24. The van der Waals surface area contributed by atoms with Crippen molar-refractivity contribution >= 4 is 17.6 Å². The molecule has 1 aromatic heterocycles. The van der Waals surface area contributed by atoms with E-state index in [1.807, 2.05) is 0 Å². The number of rotatable bonds is 5. The lowest BCUT2D eigenvalue weighted by molar-refractivity contribution is -0.388. The first kappa shape index (κ1) is 12.9. The zero-order valence-corrected chi connectivity index (χ0v) is 9.80. The summed E-state index contributed by atoms with van der Waals surface area (Å²) in [6.07, 6.45) is 1.15. The normalized spacial score (nSPS) is 11.2. The second-order valence-electron chi connectivity index (χ2n) is 4.36. The van der Waals surface area contributed by atoms with Crippen LogP contribution in [0.3, 0.4) is 0 Å². The number of nitrogens with zero attached hydrogens (tertiary/aromatic N) is 3. The number of carboxylic acids is 1. The van der Waals surface area contributed by atoms with Gasteiger partial charge in [-0.15, -0.1) is 0 Å². The highest BCUT2D eigenvalue weighted by atomic mass is 16.6. The van der Waals surface area contributed by atoms with Crippen LogP contribution in [0.2, 0.25) is 0 Å². The van der Waals surface area contributed by atoms with Gasteiger partial charge in [-0.2, -0.15) is 0 Å². The second-order valence-corrected chi connectivity index (χ2v) is 4.36. The maximum absolute atomic E-state index is 10.7. The third-order valence-corrected chi connectivity index (χ3v) is 2.14. The molecule has 1 aromatic rings. The number of carboxylic acid groups (broad SMARTS) is 1. The van der Waals surface area contributed by atoms with Crippen LogP contribution in [0, 0.1) is 10.1 Å². The van der Waals surface area contributed by atoms with Crippen molar-refractivity contribution in [3.05, 3.63) is 16.4 Å². The summed E-state index contributed by atoms with van der Waals surface area (Å²) < 4.78 is 1.45. The lowest BCUT2D eigenvalue weighted by atomic mass is 10.0. The molecule has 0 aliphatic rings. The fourth-order valence-corrected chi connectivity index (χ4v) is 1.44. The number of aromatic nitrogens is 2. The van der Waals surface area contributed by atoms with Crippen LogP contribution >= 0.6 is 0 Å². The summed E-state index contributed by atoms with van der Waals surface area (Å²) in [6.45, 7) is 3.30. The lowest BCUT2D eigenvalue weighted by Crippen LogP contribution is -2.34. The van der Waals surface area contributed by atoms with Crippen LogP contribution in [-0.2, 0) is 11.8 Å². The Morgan fingerprint density at radius 2 is 2.29 bits per heavy atom. The summed E-state index contributed by atoms with van der Waals surface area (Å²) in [5.41, 5.74) is -0.801. The quantitative estimate of drug-likeness (QED) is 0.588. The molecule has 0 amide bonds. The van der Waals surface area contributed by atoms with Gasteiger partial charge in [0, 0.05) is 12.6 Å². The molecule has 17 heavy (non-hydrogen) atoms. The van der Waals surface area contributed by atoms with Crippen LogP contribution in [-0.4, -0.2) is 31.1 Å². The topological polar surface area (TPSA) is 110 Å². The van der Waals surface area contributed by atoms with Gasteiger partial charge in [0.2, 0.25) is 12.1 Å². The fourth-order valence-electron chi connectivity index (χ4n) is 1.44. The van der Waals surface area contributed by atoms with E-state index >= 15 is 0 Å². The van der Waals surface area contributed by atoms with Crippen molar-refractivity contribution in [2.75, 3.05) is 5.32 Å². The van der Waals surface area contributed by atoms with Crippen LogP contribution in [0.1, 0.15) is 20.3 Å². The number of carbonyl (C=O) groups is 1. The zero-order chi connectivity index (χ0) is 13.2. The minimum atomic E-state index is -0.979. The largest absolute Gasteiger partial charge is 0.481 e. The summed E-state index contributed by atoms with van der Waals surface area (Å²) >= 11 is 0. The first-order chi connectivity index (χ1) is 7.73. The van der Waals surface area contributed by atoms with Gasteiger partial charge in [-0.3, -0.25) is 9.36 Å². The Morgan fingerprint density at radius 1 is 1.71 bits per heavy atom. The molecule has 2 N–H and O–H groups in total. The standard InChI is InChI=1S/C9H14N4O4/c1-9(2,4-6(14)15)11-8-7(13(16)17)10-5-12(8)3/h5,11H,4H2,1-3H3,(H,14,15). The molecule has 0 radical (unpaired) electrons. The summed E-state index contributed by atoms with van der Waals surface area (Å²) in [6, 6.07) is 0. The van der Waals surface area contributed by atoms with Gasteiger partial charge in [0.05, 0.1) is 6.42 Å². The minimum absolute atomic E-state index is 0.157. The van der Waals surface area contributed by atoms with Gasteiger partial charge in [-0.25, -0.2) is 0 Å². The second kappa shape index (κ2) is 4.40. The van der Waals surface area contributed by atoms with Crippen molar-refractivity contribution in [1.29, 1.82) is 0 Å². The molecular formula is C9H14N4O4. The predicted octanol–water partition coefficient (Wildman–Crippen LogP) is 0.993. The Morgan fingerprint density at radius 3 is 2.76 bits per heavy atom. The molecule has 0 aliphatic heterocycles. The highest BCUT2D eigenvalue weighted by molar-refractivity contribution is 5.69. The summed E-state index contributed by atoms with van der Waals surface area (Å²) in [5, 5.41) is 22.3. The van der Waals surface area contributed by atoms with Crippen molar-refractivity contribution in [1.82, 2.24) is 9.55 Å². The highest BCUT2D eigenvalue weighted by Gasteiger charge is 2.28. The third-order valence-electron chi connectivity index (χ3n) is 2.14. The first-order valence-electron chi connectivity index (χ1n) is 4.88. The van der Waals surface area contributed by atoms with Crippen molar-refractivity contribution in [3.63, 3.8) is 0 Å². The molecule has 1 heterocycles. The molecule has 0 saturated heterocycles. The fraction of sp³-hybridized carbons (Fsp3) is 0.556. The third kappa shape index (κ3) is 3.16. The number of anilines is 1. The Hall–Kier alpha value is -2.12. The van der Waals surface area contributed by atoms with E-state index in [0.29, 0.717) is 0 Å². The Bertz CT molecular complexity index is 452. The number of imidazole rings is 1. The van der Waals surface area contributed by atoms with Gasteiger partial charge in [0.1, 0.15) is 0 Å². The van der Waals surface area contributed by atoms with E-state index in [1.54, 1.807) is 20.9 Å². The van der Waals surface area contributed by atoms with E-state index in [1.165, 1.54) is 10.9 Å². The van der Waals surface area contributed by atoms with Crippen LogP contribution in [0.15, 0.2) is 6.33 Å². The number of nitro groups is 1. The molecule has 0 atom stereocenters. The van der Waals surface area contributed by atoms with Gasteiger partial charge in [-0.05, 0) is 23.8 Å². The molecule has 8 nitrogen and oxygen atoms in total. The van der Waals surface area contributed by atoms with Gasteiger partial charge in [-0.1, -0.05) is 0 Å². The molecule has 0 aromatic carbocycles. The molecule has 8 heteroatoms. The smallest absolute Gasteiger partial charge is 0.406 e. The number of aliphatic carboxylic acids is 1. The van der Waals surface area contributed by atoms with Crippen LogP contribution < -0.4 is 5.32 Å². The maximum atomic E-state index is 10.7.